The molecule has 88 valence electrons. The van der Waals surface area contributed by atoms with Gasteiger partial charge in [-0.3, -0.25) is 0 Å². The molecule has 0 amide bonds. The summed E-state index contributed by atoms with van der Waals surface area (Å²) in [5.41, 5.74) is 2.80. The number of benzene rings is 1. The average Bonchev–Trinajstić information content (AvgIpc) is 2.32. The fourth-order valence-electron chi connectivity index (χ4n) is 1.76. The molecule has 0 saturated heterocycles. The zero-order valence-corrected chi connectivity index (χ0v) is 10.7. The Hall–Kier alpha value is -1.04. The van der Waals surface area contributed by atoms with Crippen LogP contribution in [0.15, 0.2) is 30.3 Å². The third kappa shape index (κ3) is 5.16. The minimum atomic E-state index is 1.18. The van der Waals surface area contributed by atoms with Crippen molar-refractivity contribution in [1.29, 1.82) is 0 Å². The topological polar surface area (TPSA) is 0 Å². The first-order valence-corrected chi connectivity index (χ1v) is 6.62. The van der Waals surface area contributed by atoms with E-state index in [-0.39, 0.29) is 0 Å². The molecule has 0 N–H and O–H groups in total. The molecule has 0 bridgehead atoms. The van der Waals surface area contributed by atoms with Gasteiger partial charge in [-0.2, -0.15) is 0 Å². The van der Waals surface area contributed by atoms with Gasteiger partial charge in [0.1, 0.15) is 0 Å². The van der Waals surface area contributed by atoms with Gasteiger partial charge in [0, 0.05) is 0 Å². The van der Waals surface area contributed by atoms with Gasteiger partial charge in [-0.05, 0) is 30.4 Å². The van der Waals surface area contributed by atoms with Crippen molar-refractivity contribution < 1.29 is 0 Å². The van der Waals surface area contributed by atoms with Crippen molar-refractivity contribution in [3.05, 3.63) is 41.5 Å². The monoisotopic (exact) mass is 216 g/mol. The first-order chi connectivity index (χ1) is 7.86. The predicted molar refractivity (Wildman–Crippen MR) is 73.6 cm³/mol. The summed E-state index contributed by atoms with van der Waals surface area (Å²) in [5.74, 6) is 0. The average molecular weight is 216 g/mol. The molecule has 16 heavy (non-hydrogen) atoms. The van der Waals surface area contributed by atoms with E-state index in [9.17, 15) is 0 Å². The molecule has 0 saturated carbocycles. The second-order valence-electron chi connectivity index (χ2n) is 4.39. The molecule has 0 aliphatic rings. The van der Waals surface area contributed by atoms with Crippen LogP contribution in [0.1, 0.15) is 57.1 Å². The maximum atomic E-state index is 2.27. The molecule has 0 nitrogen and oxygen atoms in total. The Bertz CT molecular complexity index is 292. The molecule has 0 unspecified atom stereocenters. The predicted octanol–water partition coefficient (Wildman–Crippen LogP) is 5.23. The van der Waals surface area contributed by atoms with Crippen molar-refractivity contribution in [2.24, 2.45) is 0 Å². The molecule has 0 heterocycles. The van der Waals surface area contributed by atoms with Gasteiger partial charge in [-0.15, -0.1) is 0 Å². The summed E-state index contributed by atoms with van der Waals surface area (Å²) in [7, 11) is 0. The molecule has 1 aromatic carbocycles. The summed E-state index contributed by atoms with van der Waals surface area (Å²) in [6, 6.07) is 8.99. The Kier molecular flexibility index (Phi) is 6.64. The van der Waals surface area contributed by atoms with Gasteiger partial charge >= 0.3 is 0 Å². The number of hydrogen-bond donors (Lipinski definition) is 0. The Morgan fingerprint density at radius 1 is 0.938 bits per heavy atom. The van der Waals surface area contributed by atoms with Crippen LogP contribution < -0.4 is 0 Å². The van der Waals surface area contributed by atoms with Gasteiger partial charge in [0.25, 0.3) is 0 Å². The molecular weight excluding hydrogens is 192 g/mol. The molecule has 1 aromatic rings. The molecular formula is C16H24. The SMILES string of the molecule is CCCC=Cc1ccc(CCCCC)cc1. The first-order valence-electron chi connectivity index (χ1n) is 6.62. The number of rotatable bonds is 7. The van der Waals surface area contributed by atoms with Gasteiger partial charge in [0.05, 0.1) is 0 Å². The lowest BCUT2D eigenvalue weighted by Crippen LogP contribution is -1.85. The van der Waals surface area contributed by atoms with E-state index in [4.69, 9.17) is 0 Å². The zero-order valence-electron chi connectivity index (χ0n) is 10.7. The molecule has 0 atom stereocenters. The first kappa shape index (κ1) is 13.0. The van der Waals surface area contributed by atoms with E-state index in [1.807, 2.05) is 0 Å². The van der Waals surface area contributed by atoms with E-state index in [1.165, 1.54) is 49.7 Å². The van der Waals surface area contributed by atoms with E-state index in [0.717, 1.165) is 0 Å². The van der Waals surface area contributed by atoms with Gasteiger partial charge in [-0.25, -0.2) is 0 Å². The van der Waals surface area contributed by atoms with Crippen LogP contribution in [0.4, 0.5) is 0 Å². The standard InChI is InChI=1S/C16H24/c1-3-5-7-9-15-11-13-16(14-12-15)10-8-6-4-2/h7,9,11-14H,3-6,8,10H2,1-2H3. The molecule has 0 radical (unpaired) electrons. The van der Waals surface area contributed by atoms with Crippen LogP contribution in [0.3, 0.4) is 0 Å². The minimum absolute atomic E-state index is 1.18. The largest absolute Gasteiger partial charge is 0.0840 e. The summed E-state index contributed by atoms with van der Waals surface area (Å²) < 4.78 is 0. The van der Waals surface area contributed by atoms with E-state index >= 15 is 0 Å². The molecule has 0 spiro atoms. The van der Waals surface area contributed by atoms with Crippen LogP contribution in [-0.4, -0.2) is 0 Å². The highest BCUT2D eigenvalue weighted by Crippen LogP contribution is 2.10. The third-order valence-corrected chi connectivity index (χ3v) is 2.81. The van der Waals surface area contributed by atoms with E-state index in [1.54, 1.807) is 0 Å². The molecule has 0 fully saturated rings. The highest BCUT2D eigenvalue weighted by molar-refractivity contribution is 5.49. The van der Waals surface area contributed by atoms with Gasteiger partial charge < -0.3 is 0 Å². The van der Waals surface area contributed by atoms with Gasteiger partial charge in [-0.1, -0.05) is 69.5 Å². The molecule has 0 aliphatic carbocycles. The number of allylic oxidation sites excluding steroid dienone is 1. The highest BCUT2D eigenvalue weighted by atomic mass is 14.0. The van der Waals surface area contributed by atoms with Gasteiger partial charge in [0.2, 0.25) is 0 Å². The lowest BCUT2D eigenvalue weighted by molar-refractivity contribution is 0.717. The molecule has 0 aliphatic heterocycles. The molecule has 1 rings (SSSR count). The summed E-state index contributed by atoms with van der Waals surface area (Å²) in [5, 5.41) is 0. The normalized spacial score (nSPS) is 11.1. The second-order valence-corrected chi connectivity index (χ2v) is 4.39. The third-order valence-electron chi connectivity index (χ3n) is 2.81. The van der Waals surface area contributed by atoms with Crippen molar-refractivity contribution in [2.45, 2.75) is 52.4 Å². The molecule has 0 heteroatoms. The van der Waals surface area contributed by atoms with Crippen molar-refractivity contribution in [2.75, 3.05) is 0 Å². The van der Waals surface area contributed by atoms with E-state index in [0.29, 0.717) is 0 Å². The summed E-state index contributed by atoms with van der Waals surface area (Å²) >= 11 is 0. The Morgan fingerprint density at radius 2 is 1.69 bits per heavy atom. The Labute approximate surface area is 100 Å². The lowest BCUT2D eigenvalue weighted by Gasteiger charge is -2.01. The smallest absolute Gasteiger partial charge is 0.0260 e. The lowest BCUT2D eigenvalue weighted by atomic mass is 10.1. The van der Waals surface area contributed by atoms with Crippen molar-refractivity contribution in [3.63, 3.8) is 0 Å². The maximum Gasteiger partial charge on any atom is -0.0260 e. The summed E-state index contributed by atoms with van der Waals surface area (Å²) in [6.45, 7) is 4.46. The van der Waals surface area contributed by atoms with Crippen LogP contribution in [0, 0.1) is 0 Å². The van der Waals surface area contributed by atoms with Crippen LogP contribution in [-0.2, 0) is 6.42 Å². The minimum Gasteiger partial charge on any atom is -0.0840 e. The fraction of sp³-hybridized carbons (Fsp3) is 0.500. The van der Waals surface area contributed by atoms with Crippen molar-refractivity contribution >= 4 is 6.08 Å². The maximum absolute atomic E-state index is 2.27. The number of hydrogen-bond acceptors (Lipinski definition) is 0. The van der Waals surface area contributed by atoms with E-state index in [2.05, 4.69) is 50.3 Å². The zero-order chi connectivity index (χ0) is 11.6. The Morgan fingerprint density at radius 3 is 2.31 bits per heavy atom. The highest BCUT2D eigenvalue weighted by Gasteiger charge is 1.92. The van der Waals surface area contributed by atoms with Crippen LogP contribution in [0.25, 0.3) is 6.08 Å². The van der Waals surface area contributed by atoms with Crippen LogP contribution in [0.5, 0.6) is 0 Å². The second kappa shape index (κ2) is 8.15. The summed E-state index contributed by atoms with van der Waals surface area (Å²) in [4.78, 5) is 0. The van der Waals surface area contributed by atoms with Crippen LogP contribution >= 0.6 is 0 Å². The number of unbranched alkanes of at least 4 members (excludes halogenated alkanes) is 3. The summed E-state index contributed by atoms with van der Waals surface area (Å²) in [6.07, 6.45) is 12.1. The van der Waals surface area contributed by atoms with Crippen molar-refractivity contribution in [3.8, 4) is 0 Å². The van der Waals surface area contributed by atoms with Crippen molar-refractivity contribution in [1.82, 2.24) is 0 Å². The Balaban J connectivity index is 2.41. The fourth-order valence-corrected chi connectivity index (χ4v) is 1.76. The number of aryl methyl sites for hydroxylation is 1. The quantitative estimate of drug-likeness (QED) is 0.547. The van der Waals surface area contributed by atoms with E-state index < -0.39 is 0 Å². The van der Waals surface area contributed by atoms with Gasteiger partial charge in [0.15, 0.2) is 0 Å². The van der Waals surface area contributed by atoms with Crippen LogP contribution in [0.2, 0.25) is 0 Å². The molecule has 0 aromatic heterocycles.